The van der Waals surface area contributed by atoms with Crippen LogP contribution in [0.15, 0.2) is 30.8 Å². The molecule has 0 heterocycles. The Bertz CT molecular complexity index is 326. The number of para-hydroxylation sites is 1. The van der Waals surface area contributed by atoms with Crippen molar-refractivity contribution in [3.8, 4) is 5.75 Å². The molecule has 0 radical (unpaired) electrons. The van der Waals surface area contributed by atoms with Crippen molar-refractivity contribution in [3.05, 3.63) is 36.4 Å². The van der Waals surface area contributed by atoms with Crippen LogP contribution in [0.1, 0.15) is 5.56 Å². The molecule has 0 aromatic heterocycles. The lowest BCUT2D eigenvalue weighted by Crippen LogP contribution is -2.07. The van der Waals surface area contributed by atoms with E-state index in [2.05, 4.69) is 11.3 Å². The first-order valence-corrected chi connectivity index (χ1v) is 4.07. The molecule has 0 unspecified atom stereocenters. The maximum atomic E-state index is 12.0. The van der Waals surface area contributed by atoms with Gasteiger partial charge in [-0.15, -0.1) is 0 Å². The minimum absolute atomic E-state index is 0.109. The summed E-state index contributed by atoms with van der Waals surface area (Å²) in [6, 6.07) is 6.44. The Morgan fingerprint density at radius 2 is 2.07 bits per heavy atom. The van der Waals surface area contributed by atoms with Crippen molar-refractivity contribution in [2.24, 2.45) is 5.73 Å². The molecule has 0 fully saturated rings. The molecule has 14 heavy (non-hydrogen) atoms. The Hall–Kier alpha value is -1.42. The quantitative estimate of drug-likeness (QED) is 0.807. The molecule has 0 saturated heterocycles. The van der Waals surface area contributed by atoms with Crippen molar-refractivity contribution >= 4 is 5.57 Å². The smallest absolute Gasteiger partial charge is 0.387 e. The second kappa shape index (κ2) is 4.72. The minimum atomic E-state index is -2.83. The molecule has 1 rings (SSSR count). The maximum absolute atomic E-state index is 12.0. The van der Waals surface area contributed by atoms with Gasteiger partial charge in [-0.25, -0.2) is 0 Å². The Morgan fingerprint density at radius 1 is 1.43 bits per heavy atom. The van der Waals surface area contributed by atoms with E-state index in [9.17, 15) is 8.78 Å². The van der Waals surface area contributed by atoms with Crippen LogP contribution < -0.4 is 10.5 Å². The van der Waals surface area contributed by atoms with Gasteiger partial charge in [-0.3, -0.25) is 0 Å². The number of ether oxygens (including phenoxy) is 1. The number of alkyl halides is 2. The largest absolute Gasteiger partial charge is 0.434 e. The van der Waals surface area contributed by atoms with Gasteiger partial charge in [0.1, 0.15) is 5.75 Å². The highest BCUT2D eigenvalue weighted by atomic mass is 19.3. The molecule has 0 aliphatic rings. The van der Waals surface area contributed by atoms with Crippen molar-refractivity contribution < 1.29 is 13.5 Å². The number of benzene rings is 1. The molecule has 0 bridgehead atoms. The van der Waals surface area contributed by atoms with Crippen LogP contribution in [0.5, 0.6) is 5.75 Å². The SMILES string of the molecule is C=C(CN)c1ccccc1OC(F)F. The lowest BCUT2D eigenvalue weighted by Gasteiger charge is -2.10. The van der Waals surface area contributed by atoms with Gasteiger partial charge in [0, 0.05) is 12.1 Å². The number of halogens is 2. The molecular weight excluding hydrogens is 188 g/mol. The Morgan fingerprint density at radius 3 is 2.64 bits per heavy atom. The van der Waals surface area contributed by atoms with Gasteiger partial charge in [-0.05, 0) is 11.6 Å². The molecular formula is C10H11F2NO. The van der Waals surface area contributed by atoms with Gasteiger partial charge >= 0.3 is 6.61 Å². The van der Waals surface area contributed by atoms with Crippen LogP contribution in [0.4, 0.5) is 8.78 Å². The van der Waals surface area contributed by atoms with Gasteiger partial charge < -0.3 is 10.5 Å². The van der Waals surface area contributed by atoms with Gasteiger partial charge in [-0.2, -0.15) is 8.78 Å². The monoisotopic (exact) mass is 199 g/mol. The minimum Gasteiger partial charge on any atom is -0.434 e. The van der Waals surface area contributed by atoms with E-state index >= 15 is 0 Å². The molecule has 0 saturated carbocycles. The third-order valence-electron chi connectivity index (χ3n) is 1.73. The fraction of sp³-hybridized carbons (Fsp3) is 0.200. The van der Waals surface area contributed by atoms with Crippen molar-refractivity contribution in [2.45, 2.75) is 6.61 Å². The van der Waals surface area contributed by atoms with E-state index in [0.29, 0.717) is 11.1 Å². The molecule has 0 atom stereocenters. The normalized spacial score (nSPS) is 10.3. The van der Waals surface area contributed by atoms with E-state index < -0.39 is 6.61 Å². The molecule has 4 heteroatoms. The first-order valence-electron chi connectivity index (χ1n) is 4.07. The summed E-state index contributed by atoms with van der Waals surface area (Å²) in [5.41, 5.74) is 6.46. The topological polar surface area (TPSA) is 35.2 Å². The second-order valence-electron chi connectivity index (χ2n) is 2.68. The number of hydrogen-bond donors (Lipinski definition) is 1. The summed E-state index contributed by atoms with van der Waals surface area (Å²) in [5, 5.41) is 0. The van der Waals surface area contributed by atoms with Crippen molar-refractivity contribution in [1.29, 1.82) is 0 Å². The number of rotatable bonds is 4. The zero-order valence-electron chi connectivity index (χ0n) is 7.54. The molecule has 1 aromatic rings. The van der Waals surface area contributed by atoms with Gasteiger partial charge in [0.25, 0.3) is 0 Å². The van der Waals surface area contributed by atoms with E-state index in [-0.39, 0.29) is 12.3 Å². The molecule has 0 spiro atoms. The third-order valence-corrected chi connectivity index (χ3v) is 1.73. The third kappa shape index (κ3) is 2.53. The average molecular weight is 199 g/mol. The lowest BCUT2D eigenvalue weighted by molar-refractivity contribution is -0.0500. The highest BCUT2D eigenvalue weighted by Gasteiger charge is 2.09. The number of nitrogens with two attached hydrogens (primary N) is 1. The first-order chi connectivity index (χ1) is 6.65. The van der Waals surface area contributed by atoms with Crippen LogP contribution in [0.25, 0.3) is 5.57 Å². The zero-order chi connectivity index (χ0) is 10.6. The molecule has 2 nitrogen and oxygen atoms in total. The Labute approximate surface area is 81.0 Å². The predicted molar refractivity (Wildman–Crippen MR) is 51.2 cm³/mol. The van der Waals surface area contributed by atoms with E-state index in [1.807, 2.05) is 0 Å². The van der Waals surface area contributed by atoms with Crippen LogP contribution in [-0.2, 0) is 0 Å². The fourth-order valence-electron chi connectivity index (χ4n) is 1.07. The number of hydrogen-bond acceptors (Lipinski definition) is 2. The van der Waals surface area contributed by atoms with Crippen molar-refractivity contribution in [1.82, 2.24) is 0 Å². The Balaban J connectivity index is 2.97. The van der Waals surface area contributed by atoms with Gasteiger partial charge in [0.05, 0.1) is 0 Å². The lowest BCUT2D eigenvalue weighted by atomic mass is 10.1. The van der Waals surface area contributed by atoms with Gasteiger partial charge in [0.15, 0.2) is 0 Å². The second-order valence-corrected chi connectivity index (χ2v) is 2.68. The average Bonchev–Trinajstić information content (AvgIpc) is 2.16. The summed E-state index contributed by atoms with van der Waals surface area (Å²) in [7, 11) is 0. The highest BCUT2D eigenvalue weighted by molar-refractivity contribution is 5.69. The Kier molecular flexibility index (Phi) is 3.59. The molecule has 0 aliphatic carbocycles. The van der Waals surface area contributed by atoms with E-state index in [0.717, 1.165) is 0 Å². The highest BCUT2D eigenvalue weighted by Crippen LogP contribution is 2.25. The molecule has 2 N–H and O–H groups in total. The van der Waals surface area contributed by atoms with Gasteiger partial charge in [-0.1, -0.05) is 24.8 Å². The molecule has 0 amide bonds. The van der Waals surface area contributed by atoms with E-state index in [4.69, 9.17) is 5.73 Å². The molecule has 1 aromatic carbocycles. The summed E-state index contributed by atoms with van der Waals surface area (Å²) in [4.78, 5) is 0. The zero-order valence-corrected chi connectivity index (χ0v) is 7.54. The summed E-state index contributed by atoms with van der Waals surface area (Å²) in [5.74, 6) is 0.109. The van der Waals surface area contributed by atoms with Crippen molar-refractivity contribution in [2.75, 3.05) is 6.54 Å². The van der Waals surface area contributed by atoms with Crippen molar-refractivity contribution in [3.63, 3.8) is 0 Å². The first kappa shape index (κ1) is 10.7. The molecule has 76 valence electrons. The van der Waals surface area contributed by atoms with Crippen LogP contribution in [0.3, 0.4) is 0 Å². The summed E-state index contributed by atoms with van der Waals surface area (Å²) in [6.45, 7) is 1.04. The standard InChI is InChI=1S/C10H11F2NO/c1-7(6-13)8-4-2-3-5-9(8)14-10(11)12/h2-5,10H,1,6,13H2. The van der Waals surface area contributed by atoms with Gasteiger partial charge in [0.2, 0.25) is 0 Å². The van der Waals surface area contributed by atoms with E-state index in [1.165, 1.54) is 6.07 Å². The van der Waals surface area contributed by atoms with Crippen LogP contribution >= 0.6 is 0 Å². The van der Waals surface area contributed by atoms with E-state index in [1.54, 1.807) is 18.2 Å². The maximum Gasteiger partial charge on any atom is 0.387 e. The summed E-state index contributed by atoms with van der Waals surface area (Å²) >= 11 is 0. The van der Waals surface area contributed by atoms with Crippen LogP contribution in [0, 0.1) is 0 Å². The summed E-state index contributed by atoms with van der Waals surface area (Å²) in [6.07, 6.45) is 0. The fourth-order valence-corrected chi connectivity index (χ4v) is 1.07. The van der Waals surface area contributed by atoms with Crippen LogP contribution in [-0.4, -0.2) is 13.2 Å². The predicted octanol–water partition coefficient (Wildman–Crippen LogP) is 2.26. The summed E-state index contributed by atoms with van der Waals surface area (Å²) < 4.78 is 28.3. The van der Waals surface area contributed by atoms with Crippen LogP contribution in [0.2, 0.25) is 0 Å². The molecule has 0 aliphatic heterocycles.